The van der Waals surface area contributed by atoms with Crippen LogP contribution in [0.3, 0.4) is 0 Å². The fraction of sp³-hybridized carbons (Fsp3) is 0.167. The number of anilines is 1. The first-order chi connectivity index (χ1) is 6.20. The van der Waals surface area contributed by atoms with Crippen LogP contribution in [-0.4, -0.2) is 0 Å². The van der Waals surface area contributed by atoms with Gasteiger partial charge in [-0.3, -0.25) is 0 Å². The van der Waals surface area contributed by atoms with Crippen LogP contribution in [0.25, 0.3) is 10.8 Å². The molecule has 0 amide bonds. The van der Waals surface area contributed by atoms with Crippen molar-refractivity contribution in [1.29, 1.82) is 0 Å². The van der Waals surface area contributed by atoms with E-state index in [4.69, 9.17) is 5.73 Å². The summed E-state index contributed by atoms with van der Waals surface area (Å²) in [5, 5.41) is 2.42. The van der Waals surface area contributed by atoms with Gasteiger partial charge in [-0.25, -0.2) is 0 Å². The highest BCUT2D eigenvalue weighted by molar-refractivity contribution is 5.95. The Labute approximate surface area is 78.2 Å². The third-order valence-corrected chi connectivity index (χ3v) is 2.64. The second-order valence-corrected chi connectivity index (χ2v) is 3.45. The Kier molecular flexibility index (Phi) is 1.73. The molecule has 2 N–H and O–H groups in total. The van der Waals surface area contributed by atoms with Crippen molar-refractivity contribution in [1.82, 2.24) is 0 Å². The van der Waals surface area contributed by atoms with Crippen LogP contribution in [-0.2, 0) is 0 Å². The lowest BCUT2D eigenvalue weighted by atomic mass is 10.0. The Morgan fingerprint density at radius 1 is 0.923 bits per heavy atom. The molecule has 0 saturated carbocycles. The molecule has 2 rings (SSSR count). The molecule has 66 valence electrons. The van der Waals surface area contributed by atoms with Crippen molar-refractivity contribution in [2.75, 3.05) is 5.73 Å². The second kappa shape index (κ2) is 2.77. The van der Waals surface area contributed by atoms with Gasteiger partial charge in [0.2, 0.25) is 0 Å². The molecule has 1 heteroatoms. The zero-order valence-electron chi connectivity index (χ0n) is 7.96. The molecule has 0 unspecified atom stereocenters. The first kappa shape index (κ1) is 8.11. The average Bonchev–Trinajstić information content (AvgIpc) is 2.12. The maximum absolute atomic E-state index is 5.88. The van der Waals surface area contributed by atoms with E-state index in [1.54, 1.807) is 0 Å². The molecule has 0 aromatic heterocycles. The summed E-state index contributed by atoms with van der Waals surface area (Å²) in [5.74, 6) is 0. The number of aryl methyl sites for hydroxylation is 2. The quantitative estimate of drug-likeness (QED) is 0.606. The minimum absolute atomic E-state index is 0.862. The predicted molar refractivity (Wildman–Crippen MR) is 57.8 cm³/mol. The summed E-state index contributed by atoms with van der Waals surface area (Å²) < 4.78 is 0. The van der Waals surface area contributed by atoms with E-state index >= 15 is 0 Å². The lowest BCUT2D eigenvalue weighted by Gasteiger charge is -2.07. The van der Waals surface area contributed by atoms with Crippen LogP contribution >= 0.6 is 0 Å². The largest absolute Gasteiger partial charge is 0.398 e. The van der Waals surface area contributed by atoms with Crippen LogP contribution < -0.4 is 5.73 Å². The van der Waals surface area contributed by atoms with Crippen LogP contribution in [0.15, 0.2) is 30.3 Å². The topological polar surface area (TPSA) is 26.0 Å². The van der Waals surface area contributed by atoms with E-state index in [-0.39, 0.29) is 0 Å². The van der Waals surface area contributed by atoms with E-state index in [1.165, 1.54) is 16.5 Å². The molecule has 1 nitrogen and oxygen atoms in total. The number of fused-ring (bicyclic) bond motifs is 1. The summed E-state index contributed by atoms with van der Waals surface area (Å²) in [6, 6.07) is 10.3. The van der Waals surface area contributed by atoms with Crippen LogP contribution in [0.4, 0.5) is 5.69 Å². The Morgan fingerprint density at radius 2 is 1.69 bits per heavy atom. The lowest BCUT2D eigenvalue weighted by Crippen LogP contribution is -1.89. The highest BCUT2D eigenvalue weighted by Crippen LogP contribution is 2.25. The highest BCUT2D eigenvalue weighted by atomic mass is 14.5. The normalized spacial score (nSPS) is 10.6. The van der Waals surface area contributed by atoms with Crippen molar-refractivity contribution in [3.8, 4) is 0 Å². The average molecular weight is 171 g/mol. The number of benzene rings is 2. The van der Waals surface area contributed by atoms with Crippen molar-refractivity contribution >= 4 is 16.5 Å². The highest BCUT2D eigenvalue weighted by Gasteiger charge is 2.01. The molecular formula is C12H13N. The van der Waals surface area contributed by atoms with Gasteiger partial charge in [-0.1, -0.05) is 24.3 Å². The van der Waals surface area contributed by atoms with E-state index in [9.17, 15) is 0 Å². The zero-order chi connectivity index (χ0) is 9.42. The molecule has 0 aliphatic heterocycles. The minimum Gasteiger partial charge on any atom is -0.398 e. The smallest absolute Gasteiger partial charge is 0.0393 e. The van der Waals surface area contributed by atoms with Gasteiger partial charge in [0.1, 0.15) is 0 Å². The molecule has 0 saturated heterocycles. The van der Waals surface area contributed by atoms with Crippen molar-refractivity contribution in [3.05, 3.63) is 41.5 Å². The maximum atomic E-state index is 5.88. The number of nitrogen functional groups attached to an aromatic ring is 1. The molecule has 0 heterocycles. The number of rotatable bonds is 0. The summed E-state index contributed by atoms with van der Waals surface area (Å²) in [6.45, 7) is 4.26. The Hall–Kier alpha value is -1.50. The van der Waals surface area contributed by atoms with Gasteiger partial charge in [-0.2, -0.15) is 0 Å². The SMILES string of the molecule is Cc1ccc2c(N)cccc2c1C. The van der Waals surface area contributed by atoms with E-state index in [0.717, 1.165) is 11.1 Å². The number of hydrogen-bond donors (Lipinski definition) is 1. The summed E-state index contributed by atoms with van der Waals surface area (Å²) in [5.41, 5.74) is 9.38. The molecule has 0 bridgehead atoms. The Bertz CT molecular complexity index is 458. The van der Waals surface area contributed by atoms with Crippen molar-refractivity contribution in [2.24, 2.45) is 0 Å². The Balaban J connectivity index is 2.94. The molecule has 13 heavy (non-hydrogen) atoms. The Morgan fingerprint density at radius 3 is 2.46 bits per heavy atom. The van der Waals surface area contributed by atoms with Crippen LogP contribution in [0, 0.1) is 13.8 Å². The van der Waals surface area contributed by atoms with Crippen molar-refractivity contribution < 1.29 is 0 Å². The number of hydrogen-bond acceptors (Lipinski definition) is 1. The van der Waals surface area contributed by atoms with Crippen LogP contribution in [0.1, 0.15) is 11.1 Å². The number of nitrogens with two attached hydrogens (primary N) is 1. The summed E-state index contributed by atoms with van der Waals surface area (Å²) in [7, 11) is 0. The molecule has 0 fully saturated rings. The molecule has 0 aliphatic rings. The van der Waals surface area contributed by atoms with Gasteiger partial charge in [0.05, 0.1) is 0 Å². The van der Waals surface area contributed by atoms with E-state index < -0.39 is 0 Å². The fourth-order valence-electron chi connectivity index (χ4n) is 1.64. The van der Waals surface area contributed by atoms with Gasteiger partial charge in [-0.05, 0) is 36.4 Å². The van der Waals surface area contributed by atoms with E-state index in [2.05, 4.69) is 32.0 Å². The van der Waals surface area contributed by atoms with Gasteiger partial charge in [0.15, 0.2) is 0 Å². The van der Waals surface area contributed by atoms with Gasteiger partial charge in [0.25, 0.3) is 0 Å². The third kappa shape index (κ3) is 1.17. The van der Waals surface area contributed by atoms with Gasteiger partial charge >= 0.3 is 0 Å². The monoisotopic (exact) mass is 171 g/mol. The molecule has 0 spiro atoms. The fourth-order valence-corrected chi connectivity index (χ4v) is 1.64. The second-order valence-electron chi connectivity index (χ2n) is 3.45. The minimum atomic E-state index is 0.862. The summed E-state index contributed by atoms with van der Waals surface area (Å²) in [4.78, 5) is 0. The first-order valence-corrected chi connectivity index (χ1v) is 4.44. The summed E-state index contributed by atoms with van der Waals surface area (Å²) >= 11 is 0. The van der Waals surface area contributed by atoms with E-state index in [0.29, 0.717) is 0 Å². The molecule has 0 radical (unpaired) electrons. The summed E-state index contributed by atoms with van der Waals surface area (Å²) in [6.07, 6.45) is 0. The third-order valence-electron chi connectivity index (χ3n) is 2.64. The maximum Gasteiger partial charge on any atom is 0.0393 e. The van der Waals surface area contributed by atoms with Crippen LogP contribution in [0.2, 0.25) is 0 Å². The lowest BCUT2D eigenvalue weighted by molar-refractivity contribution is 1.38. The molecule has 0 atom stereocenters. The van der Waals surface area contributed by atoms with Crippen LogP contribution in [0.5, 0.6) is 0 Å². The zero-order valence-corrected chi connectivity index (χ0v) is 7.96. The predicted octanol–water partition coefficient (Wildman–Crippen LogP) is 3.04. The van der Waals surface area contributed by atoms with E-state index in [1.807, 2.05) is 12.1 Å². The van der Waals surface area contributed by atoms with Crippen molar-refractivity contribution in [3.63, 3.8) is 0 Å². The standard InChI is InChI=1S/C12H13N/c1-8-6-7-11-10(9(8)2)4-3-5-12(11)13/h3-7H,13H2,1-2H3. The molecule has 2 aromatic carbocycles. The molecule has 0 aliphatic carbocycles. The molecule has 2 aromatic rings. The van der Waals surface area contributed by atoms with Gasteiger partial charge in [-0.15, -0.1) is 0 Å². The van der Waals surface area contributed by atoms with Crippen molar-refractivity contribution in [2.45, 2.75) is 13.8 Å². The van der Waals surface area contributed by atoms with Gasteiger partial charge < -0.3 is 5.73 Å². The van der Waals surface area contributed by atoms with Gasteiger partial charge in [0, 0.05) is 11.1 Å². The molecular weight excluding hydrogens is 158 g/mol. The first-order valence-electron chi connectivity index (χ1n) is 4.44.